The number of carbonyl (C=O) groups is 1. The van der Waals surface area contributed by atoms with Crippen molar-refractivity contribution in [2.75, 3.05) is 13.1 Å². The summed E-state index contributed by atoms with van der Waals surface area (Å²) >= 11 is 1.43. The Kier molecular flexibility index (Phi) is 4.92. The van der Waals surface area contributed by atoms with Gasteiger partial charge in [-0.3, -0.25) is 4.79 Å². The molecule has 1 aliphatic heterocycles. The molecule has 3 aromatic rings. The number of ether oxygens (including phenoxy) is 1. The maximum absolute atomic E-state index is 12.9. The maximum atomic E-state index is 12.9. The van der Waals surface area contributed by atoms with E-state index in [1.165, 1.54) is 11.3 Å². The molecule has 28 heavy (non-hydrogen) atoms. The third-order valence-corrected chi connectivity index (χ3v) is 5.60. The van der Waals surface area contributed by atoms with Crippen LogP contribution in [0.1, 0.15) is 28.2 Å². The molecule has 1 aliphatic rings. The second-order valence-corrected chi connectivity index (χ2v) is 7.59. The average molecular weight is 407 g/mol. The van der Waals surface area contributed by atoms with Gasteiger partial charge in [0.25, 0.3) is 5.91 Å². The van der Waals surface area contributed by atoms with Crippen molar-refractivity contribution in [2.45, 2.75) is 25.1 Å². The Morgan fingerprint density at radius 3 is 2.86 bits per heavy atom. The predicted molar refractivity (Wildman–Crippen MR) is 98.4 cm³/mol. The predicted octanol–water partition coefficient (Wildman–Crippen LogP) is 4.39. The van der Waals surface area contributed by atoms with E-state index >= 15 is 0 Å². The van der Waals surface area contributed by atoms with Gasteiger partial charge in [0.05, 0.1) is 11.4 Å². The fourth-order valence-corrected chi connectivity index (χ4v) is 4.20. The lowest BCUT2D eigenvalue weighted by Gasteiger charge is -2.32. The van der Waals surface area contributed by atoms with Crippen LogP contribution in [0.5, 0.6) is 6.01 Å². The number of nitrogens with zero attached hydrogens (tertiary/aromatic N) is 3. The Morgan fingerprint density at radius 2 is 2.07 bits per heavy atom. The molecule has 0 aliphatic carbocycles. The van der Waals surface area contributed by atoms with Gasteiger partial charge >= 0.3 is 12.2 Å². The molecular weight excluding hydrogens is 391 g/mol. The Balaban J connectivity index is 1.46. The molecule has 4 rings (SSSR count). The number of likely N-dealkylation sites (tertiary alicyclic amines) is 1. The van der Waals surface area contributed by atoms with Gasteiger partial charge in [0, 0.05) is 17.4 Å². The van der Waals surface area contributed by atoms with Crippen LogP contribution >= 0.6 is 11.3 Å². The Labute approximate surface area is 162 Å². The summed E-state index contributed by atoms with van der Waals surface area (Å²) < 4.78 is 45.0. The molecule has 1 aromatic carbocycles. The van der Waals surface area contributed by atoms with E-state index in [4.69, 9.17) is 4.74 Å². The van der Waals surface area contributed by atoms with Crippen LogP contribution in [0.25, 0.3) is 10.1 Å². The molecule has 0 bridgehead atoms. The number of amides is 1. The molecule has 1 saturated heterocycles. The molecule has 2 aromatic heterocycles. The topological polar surface area (TPSA) is 55.3 Å². The van der Waals surface area contributed by atoms with E-state index in [0.717, 1.165) is 22.3 Å². The number of halogens is 3. The molecule has 0 N–H and O–H groups in total. The van der Waals surface area contributed by atoms with Crippen molar-refractivity contribution in [1.82, 2.24) is 14.9 Å². The monoisotopic (exact) mass is 407 g/mol. The van der Waals surface area contributed by atoms with Crippen molar-refractivity contribution in [3.05, 3.63) is 53.2 Å². The van der Waals surface area contributed by atoms with Crippen molar-refractivity contribution < 1.29 is 22.7 Å². The molecule has 5 nitrogen and oxygen atoms in total. The van der Waals surface area contributed by atoms with Gasteiger partial charge in [0.15, 0.2) is 5.69 Å². The van der Waals surface area contributed by atoms with Crippen molar-refractivity contribution >= 4 is 27.3 Å². The van der Waals surface area contributed by atoms with Crippen LogP contribution < -0.4 is 4.74 Å². The minimum atomic E-state index is -4.56. The molecule has 0 saturated carbocycles. The van der Waals surface area contributed by atoms with Crippen LogP contribution in [-0.2, 0) is 6.18 Å². The van der Waals surface area contributed by atoms with Crippen LogP contribution in [0.3, 0.4) is 0 Å². The highest BCUT2D eigenvalue weighted by Crippen LogP contribution is 2.29. The van der Waals surface area contributed by atoms with Gasteiger partial charge < -0.3 is 9.64 Å². The summed E-state index contributed by atoms with van der Waals surface area (Å²) in [7, 11) is 0. The fraction of sp³-hybridized carbons (Fsp3) is 0.316. The highest BCUT2D eigenvalue weighted by molar-refractivity contribution is 7.20. The van der Waals surface area contributed by atoms with Crippen LogP contribution in [0.4, 0.5) is 13.2 Å². The summed E-state index contributed by atoms with van der Waals surface area (Å²) in [6.07, 6.45) is -2.67. The lowest BCUT2D eigenvalue weighted by atomic mass is 10.1. The summed E-state index contributed by atoms with van der Waals surface area (Å²) in [6, 6.07) is 10.1. The number of hydrogen-bond donors (Lipinski definition) is 0. The maximum Gasteiger partial charge on any atom is 0.433 e. The Hall–Kier alpha value is -2.68. The van der Waals surface area contributed by atoms with Gasteiger partial charge in [-0.2, -0.15) is 18.2 Å². The molecule has 3 heterocycles. The second kappa shape index (κ2) is 7.38. The largest absolute Gasteiger partial charge is 0.458 e. The number of piperidine rings is 1. The first kappa shape index (κ1) is 18.7. The number of thiophene rings is 1. The van der Waals surface area contributed by atoms with E-state index in [-0.39, 0.29) is 18.5 Å². The highest BCUT2D eigenvalue weighted by atomic mass is 32.1. The summed E-state index contributed by atoms with van der Waals surface area (Å²) in [5.41, 5.74) is -1.05. The Morgan fingerprint density at radius 1 is 1.25 bits per heavy atom. The molecule has 1 amide bonds. The molecule has 0 radical (unpaired) electrons. The quantitative estimate of drug-likeness (QED) is 0.646. The summed E-state index contributed by atoms with van der Waals surface area (Å²) in [6.45, 7) is 0.864. The van der Waals surface area contributed by atoms with E-state index in [1.54, 1.807) is 4.90 Å². The number of carbonyl (C=O) groups excluding carboxylic acids is 1. The zero-order valence-corrected chi connectivity index (χ0v) is 15.5. The minimum absolute atomic E-state index is 0.0977. The molecule has 1 fully saturated rings. The van der Waals surface area contributed by atoms with Gasteiger partial charge in [-0.25, -0.2) is 4.98 Å². The number of benzene rings is 1. The second-order valence-electron chi connectivity index (χ2n) is 6.50. The SMILES string of the molecule is O=C(c1cc2ccccc2s1)N1CCCC(Oc2nccc(C(F)(F)F)n2)C1. The van der Waals surface area contributed by atoms with Gasteiger partial charge in [0.2, 0.25) is 0 Å². The lowest BCUT2D eigenvalue weighted by Crippen LogP contribution is -2.44. The molecule has 1 unspecified atom stereocenters. The van der Waals surface area contributed by atoms with Crippen molar-refractivity contribution in [3.8, 4) is 6.01 Å². The fourth-order valence-electron chi connectivity index (χ4n) is 3.17. The van der Waals surface area contributed by atoms with Crippen molar-refractivity contribution in [1.29, 1.82) is 0 Å². The summed E-state index contributed by atoms with van der Waals surface area (Å²) in [4.78, 5) is 22.4. The van der Waals surface area contributed by atoms with E-state index in [0.29, 0.717) is 24.3 Å². The van der Waals surface area contributed by atoms with E-state index in [9.17, 15) is 18.0 Å². The third-order valence-electron chi connectivity index (χ3n) is 4.50. The molecule has 146 valence electrons. The van der Waals surface area contributed by atoms with Gasteiger partial charge in [0.1, 0.15) is 6.10 Å². The third kappa shape index (κ3) is 3.94. The van der Waals surface area contributed by atoms with Crippen LogP contribution in [0, 0.1) is 0 Å². The first-order valence-electron chi connectivity index (χ1n) is 8.75. The Bertz CT molecular complexity index is 972. The van der Waals surface area contributed by atoms with E-state index < -0.39 is 18.0 Å². The normalized spacial score (nSPS) is 17.7. The average Bonchev–Trinajstić information content (AvgIpc) is 3.11. The van der Waals surface area contributed by atoms with Crippen molar-refractivity contribution in [3.63, 3.8) is 0 Å². The van der Waals surface area contributed by atoms with Crippen LogP contribution in [0.2, 0.25) is 0 Å². The summed E-state index contributed by atoms with van der Waals surface area (Å²) in [5.74, 6) is -0.0977. The van der Waals surface area contributed by atoms with E-state index in [1.807, 2.05) is 30.3 Å². The smallest absolute Gasteiger partial charge is 0.433 e. The molecule has 0 spiro atoms. The lowest BCUT2D eigenvalue weighted by molar-refractivity contribution is -0.141. The molecule has 1 atom stereocenters. The standard InChI is InChI=1S/C19H16F3N3O2S/c20-19(21,22)16-7-8-23-18(24-16)27-13-5-3-9-25(11-13)17(26)15-10-12-4-1-2-6-14(12)28-15/h1-2,4,6-8,10,13H,3,5,9,11H2. The minimum Gasteiger partial charge on any atom is -0.458 e. The van der Waals surface area contributed by atoms with Crippen LogP contribution in [0.15, 0.2) is 42.6 Å². The highest BCUT2D eigenvalue weighted by Gasteiger charge is 2.33. The first-order chi connectivity index (χ1) is 13.4. The zero-order chi connectivity index (χ0) is 19.7. The number of aromatic nitrogens is 2. The van der Waals surface area contributed by atoms with Crippen molar-refractivity contribution in [2.24, 2.45) is 0 Å². The number of fused-ring (bicyclic) bond motifs is 1. The van der Waals surface area contributed by atoms with Gasteiger partial charge in [-0.1, -0.05) is 18.2 Å². The number of alkyl halides is 3. The van der Waals surface area contributed by atoms with Gasteiger partial charge in [-0.15, -0.1) is 11.3 Å². The molecule has 9 heteroatoms. The number of rotatable bonds is 3. The summed E-state index contributed by atoms with van der Waals surface area (Å²) in [5, 5.41) is 1.01. The van der Waals surface area contributed by atoms with Crippen LogP contribution in [-0.4, -0.2) is 40.0 Å². The number of hydrogen-bond acceptors (Lipinski definition) is 5. The van der Waals surface area contributed by atoms with E-state index in [2.05, 4.69) is 9.97 Å². The molecular formula is C19H16F3N3O2S. The van der Waals surface area contributed by atoms with Gasteiger partial charge in [-0.05, 0) is 36.4 Å². The first-order valence-corrected chi connectivity index (χ1v) is 9.56. The zero-order valence-electron chi connectivity index (χ0n) is 14.6.